The molecule has 0 aliphatic carbocycles. The minimum absolute atomic E-state index is 0.668. The average molecular weight is 337 g/mol. The second kappa shape index (κ2) is 5.51. The van der Waals surface area contributed by atoms with Crippen molar-refractivity contribution in [1.29, 1.82) is 0 Å². The zero-order valence-corrected chi connectivity index (χ0v) is 18.2. The summed E-state index contributed by atoms with van der Waals surface area (Å²) in [5, 5.41) is 0. The van der Waals surface area contributed by atoms with Crippen LogP contribution in [0.1, 0.15) is 20.3 Å². The highest BCUT2D eigenvalue weighted by Gasteiger charge is 2.52. The first-order valence-electron chi connectivity index (χ1n) is 7.41. The summed E-state index contributed by atoms with van der Waals surface area (Å²) >= 11 is 0. The molecule has 0 aromatic rings. The molecule has 0 aromatic carbocycles. The van der Waals surface area contributed by atoms with Gasteiger partial charge in [-0.3, -0.25) is 0 Å². The quantitative estimate of drug-likeness (QED) is 0.691. The van der Waals surface area contributed by atoms with E-state index in [1.165, 1.54) is 12.1 Å². The lowest BCUT2D eigenvalue weighted by molar-refractivity contribution is 0.314. The lowest BCUT2D eigenvalue weighted by atomic mass is 10.4. The minimum atomic E-state index is -2.06. The zero-order valence-electron chi connectivity index (χ0n) is 14.2. The number of rotatable bonds is 2. The van der Waals surface area contributed by atoms with Crippen molar-refractivity contribution in [2.24, 2.45) is 0 Å². The smallest absolute Gasteiger partial charge is 0.312 e. The van der Waals surface area contributed by atoms with Gasteiger partial charge in [0.05, 0.1) is 0 Å². The van der Waals surface area contributed by atoms with E-state index in [0.717, 1.165) is 0 Å². The monoisotopic (exact) mass is 336 g/mol. The Kier molecular flexibility index (Phi) is 5.16. The van der Waals surface area contributed by atoms with E-state index >= 15 is 0 Å². The molecule has 2 atom stereocenters. The lowest BCUT2D eigenvalue weighted by Gasteiger charge is -2.49. The largest absolute Gasteiger partial charge is 0.437 e. The molecule has 1 rings (SSSR count). The average Bonchev–Trinajstić information content (AvgIpc) is 2.07. The molecule has 0 bridgehead atoms. The van der Waals surface area contributed by atoms with E-state index in [1.54, 1.807) is 0 Å². The van der Waals surface area contributed by atoms with Crippen molar-refractivity contribution in [3.63, 3.8) is 0 Å². The van der Waals surface area contributed by atoms with Crippen LogP contribution in [0.4, 0.5) is 0 Å². The molecule has 7 heteroatoms. The van der Waals surface area contributed by atoms with Crippen LogP contribution in [0.2, 0.25) is 57.0 Å². The topological polar surface area (TPSA) is 27.7 Å². The van der Waals surface area contributed by atoms with E-state index in [-0.39, 0.29) is 0 Å². The third-order valence-electron chi connectivity index (χ3n) is 3.92. The van der Waals surface area contributed by atoms with Crippen molar-refractivity contribution in [2.45, 2.75) is 77.3 Å². The van der Waals surface area contributed by atoms with Gasteiger partial charge in [0.2, 0.25) is 0 Å². The summed E-state index contributed by atoms with van der Waals surface area (Å²) in [6.07, 6.45) is 1.19. The second-order valence-electron chi connectivity index (χ2n) is 7.66. The highest BCUT2D eigenvalue weighted by molar-refractivity contribution is 6.99. The fraction of sp³-hybridized carbons (Fsp3) is 1.00. The fourth-order valence-corrected chi connectivity index (χ4v) is 30.8. The zero-order chi connectivity index (χ0) is 15.1. The Labute approximate surface area is 123 Å². The standard InChI is InChI=1S/C12H32O3Si4/c1-10-12(2)19(9)11-16(3,4)13-17(5,6)14-18(7,8)15-19/h12H,10-11H2,1-9H3. The van der Waals surface area contributed by atoms with Crippen LogP contribution in [0.25, 0.3) is 0 Å². The molecule has 114 valence electrons. The molecule has 0 spiro atoms. The van der Waals surface area contributed by atoms with E-state index < -0.39 is 33.8 Å². The summed E-state index contributed by atoms with van der Waals surface area (Å²) in [6, 6.07) is 0. The van der Waals surface area contributed by atoms with Gasteiger partial charge in [0.1, 0.15) is 0 Å². The molecule has 19 heavy (non-hydrogen) atoms. The molecule has 3 nitrogen and oxygen atoms in total. The van der Waals surface area contributed by atoms with E-state index in [0.29, 0.717) is 5.54 Å². The van der Waals surface area contributed by atoms with E-state index in [9.17, 15) is 0 Å². The van der Waals surface area contributed by atoms with Crippen LogP contribution in [0.15, 0.2) is 0 Å². The maximum absolute atomic E-state index is 6.74. The molecule has 1 heterocycles. The predicted octanol–water partition coefficient (Wildman–Crippen LogP) is 4.57. The first kappa shape index (κ1) is 17.8. The Morgan fingerprint density at radius 1 is 0.842 bits per heavy atom. The van der Waals surface area contributed by atoms with Crippen LogP contribution in [0, 0.1) is 0 Å². The summed E-state index contributed by atoms with van der Waals surface area (Å²) in [6.45, 7) is 20.4. The summed E-state index contributed by atoms with van der Waals surface area (Å²) in [5.41, 5.74) is 1.87. The van der Waals surface area contributed by atoms with Crippen LogP contribution in [0.5, 0.6) is 0 Å². The molecule has 1 saturated heterocycles. The van der Waals surface area contributed by atoms with Gasteiger partial charge in [-0.05, 0) is 57.0 Å². The van der Waals surface area contributed by atoms with Crippen molar-refractivity contribution >= 4 is 33.8 Å². The first-order chi connectivity index (χ1) is 8.31. The molecule has 0 N–H and O–H groups in total. The van der Waals surface area contributed by atoms with Gasteiger partial charge in [-0.15, -0.1) is 0 Å². The number of hydrogen-bond donors (Lipinski definition) is 0. The van der Waals surface area contributed by atoms with Crippen molar-refractivity contribution in [3.05, 3.63) is 0 Å². The molecule has 0 amide bonds. The Morgan fingerprint density at radius 3 is 1.79 bits per heavy atom. The third-order valence-corrected chi connectivity index (χ3v) is 24.6. The van der Waals surface area contributed by atoms with Crippen LogP contribution in [-0.2, 0) is 12.3 Å². The maximum atomic E-state index is 6.74. The SMILES string of the molecule is CCC(C)[Si]1(C)C[Si](C)(C)O[Si](C)(C)O[Si](C)(C)O1. The van der Waals surface area contributed by atoms with Gasteiger partial charge in [-0.25, -0.2) is 0 Å². The summed E-state index contributed by atoms with van der Waals surface area (Å²) in [5.74, 6) is 0. The Balaban J connectivity index is 3.11. The van der Waals surface area contributed by atoms with E-state index in [1.807, 2.05) is 0 Å². The molecule has 2 unspecified atom stereocenters. The molecule has 1 aliphatic heterocycles. The Hall–Kier alpha value is 0.748. The van der Waals surface area contributed by atoms with Gasteiger partial charge in [0, 0.05) is 0 Å². The van der Waals surface area contributed by atoms with E-state index in [4.69, 9.17) is 12.3 Å². The molecule has 0 radical (unpaired) electrons. The highest BCUT2D eigenvalue weighted by atomic mass is 28.5. The molecular formula is C12H32O3Si4. The minimum Gasteiger partial charge on any atom is -0.437 e. The fourth-order valence-electron chi connectivity index (χ4n) is 3.48. The lowest BCUT2D eigenvalue weighted by Crippen LogP contribution is -2.63. The summed E-state index contributed by atoms with van der Waals surface area (Å²) in [7, 11) is -7.55. The third kappa shape index (κ3) is 4.90. The van der Waals surface area contributed by atoms with Gasteiger partial charge in [0.25, 0.3) is 0 Å². The highest BCUT2D eigenvalue weighted by Crippen LogP contribution is 2.39. The predicted molar refractivity (Wildman–Crippen MR) is 91.8 cm³/mol. The van der Waals surface area contributed by atoms with Crippen molar-refractivity contribution < 1.29 is 12.3 Å². The van der Waals surface area contributed by atoms with Crippen LogP contribution in [0.3, 0.4) is 0 Å². The normalized spacial score (nSPS) is 35.2. The summed E-state index contributed by atoms with van der Waals surface area (Å²) < 4.78 is 19.7. The van der Waals surface area contributed by atoms with Crippen molar-refractivity contribution in [2.75, 3.05) is 0 Å². The van der Waals surface area contributed by atoms with Gasteiger partial charge in [-0.2, -0.15) is 0 Å². The second-order valence-corrected chi connectivity index (χ2v) is 24.3. The van der Waals surface area contributed by atoms with E-state index in [2.05, 4.69) is 59.7 Å². The molecule has 0 saturated carbocycles. The van der Waals surface area contributed by atoms with Crippen molar-refractivity contribution in [3.8, 4) is 0 Å². The molecule has 0 aromatic heterocycles. The van der Waals surface area contributed by atoms with Gasteiger partial charge >= 0.3 is 17.1 Å². The molecular weight excluding hydrogens is 304 g/mol. The van der Waals surface area contributed by atoms with Crippen LogP contribution in [-0.4, -0.2) is 33.8 Å². The van der Waals surface area contributed by atoms with Crippen LogP contribution >= 0.6 is 0 Å². The first-order valence-corrected chi connectivity index (χ1v) is 18.9. The number of hydrogen-bond acceptors (Lipinski definition) is 3. The Bertz CT molecular complexity index is 309. The van der Waals surface area contributed by atoms with Gasteiger partial charge < -0.3 is 12.3 Å². The van der Waals surface area contributed by atoms with Crippen LogP contribution < -0.4 is 0 Å². The Morgan fingerprint density at radius 2 is 1.32 bits per heavy atom. The van der Waals surface area contributed by atoms with Crippen molar-refractivity contribution in [1.82, 2.24) is 0 Å². The summed E-state index contributed by atoms with van der Waals surface area (Å²) in [4.78, 5) is 0. The molecule has 1 aliphatic rings. The molecule has 1 fully saturated rings. The van der Waals surface area contributed by atoms with Gasteiger partial charge in [0.15, 0.2) is 16.6 Å². The maximum Gasteiger partial charge on any atom is 0.312 e. The van der Waals surface area contributed by atoms with Gasteiger partial charge in [-0.1, -0.05) is 20.3 Å².